The molecule has 3 N–H and O–H groups in total. The third-order valence-corrected chi connectivity index (χ3v) is 3.51. The van der Waals surface area contributed by atoms with Gasteiger partial charge in [-0.1, -0.05) is 35.9 Å². The summed E-state index contributed by atoms with van der Waals surface area (Å²) in [5, 5.41) is 11.7. The van der Waals surface area contributed by atoms with Gasteiger partial charge in [-0.05, 0) is 23.8 Å². The first-order chi connectivity index (χ1) is 11.8. The van der Waals surface area contributed by atoms with E-state index in [2.05, 4.69) is 5.10 Å². The zero-order valence-corrected chi connectivity index (χ0v) is 14.8. The molecule has 5 nitrogen and oxygen atoms in total. The lowest BCUT2D eigenvalue weighted by Gasteiger charge is -2.12. The van der Waals surface area contributed by atoms with E-state index in [0.717, 1.165) is 23.6 Å². The lowest BCUT2D eigenvalue weighted by Crippen LogP contribution is -2.22. The van der Waals surface area contributed by atoms with Gasteiger partial charge in [-0.25, -0.2) is 5.84 Å². The Bertz CT molecular complexity index is 784. The molecule has 0 radical (unpaired) electrons. The number of nitrogens with two attached hydrogens (primary N) is 1. The molecular weight excluding hydrogens is 392 g/mol. The number of hydrazone groups is 1. The third kappa shape index (κ3) is 5.91. The zero-order chi connectivity index (χ0) is 18.4. The summed E-state index contributed by atoms with van der Waals surface area (Å²) in [7, 11) is 0. The average Bonchev–Trinajstić information content (AvgIpc) is 2.59. The second-order valence-electron chi connectivity index (χ2n) is 4.90. The van der Waals surface area contributed by atoms with Crippen LogP contribution in [-0.4, -0.2) is 17.7 Å². The van der Waals surface area contributed by atoms with Crippen molar-refractivity contribution in [3.05, 3.63) is 64.2 Å². The van der Waals surface area contributed by atoms with Crippen LogP contribution in [0.4, 0.5) is 13.2 Å². The van der Waals surface area contributed by atoms with Gasteiger partial charge in [0.15, 0.2) is 0 Å². The molecule has 2 rings (SSSR count). The van der Waals surface area contributed by atoms with Crippen molar-refractivity contribution in [2.24, 2.45) is 10.9 Å². The van der Waals surface area contributed by atoms with E-state index in [-0.39, 0.29) is 24.0 Å². The highest BCUT2D eigenvalue weighted by molar-refractivity contribution is 6.34. The zero-order valence-electron chi connectivity index (χ0n) is 13.2. The number of benzene rings is 2. The van der Waals surface area contributed by atoms with Crippen LogP contribution >= 0.6 is 24.0 Å². The Hall–Kier alpha value is -2.29. The number of ether oxygens (including phenoxy) is 1. The number of nitrogens with one attached hydrogen (secondary N) is 1. The molecule has 0 bridgehead atoms. The molecule has 10 heteroatoms. The van der Waals surface area contributed by atoms with Crippen molar-refractivity contribution in [2.75, 3.05) is 0 Å². The first-order valence-electron chi connectivity index (χ1n) is 6.97. The van der Waals surface area contributed by atoms with Gasteiger partial charge in [0.1, 0.15) is 18.7 Å². The lowest BCUT2D eigenvalue weighted by atomic mass is 10.1. The van der Waals surface area contributed by atoms with Crippen LogP contribution in [0.25, 0.3) is 0 Å². The second kappa shape index (κ2) is 9.42. The highest BCUT2D eigenvalue weighted by atomic mass is 35.5. The number of rotatable bonds is 6. The molecule has 0 aromatic heterocycles. The molecule has 0 unspecified atom stereocenters. The fourth-order valence-electron chi connectivity index (χ4n) is 1.90. The van der Waals surface area contributed by atoms with Crippen molar-refractivity contribution in [3.63, 3.8) is 0 Å². The van der Waals surface area contributed by atoms with E-state index in [1.807, 2.05) is 0 Å². The summed E-state index contributed by atoms with van der Waals surface area (Å²) in [6.45, 7) is -0.0756. The molecule has 0 fully saturated rings. The van der Waals surface area contributed by atoms with Crippen LogP contribution in [0, 0.1) is 5.41 Å². The molecule has 0 heterocycles. The first-order valence-corrected chi connectivity index (χ1v) is 7.35. The third-order valence-electron chi connectivity index (χ3n) is 3.10. The van der Waals surface area contributed by atoms with Crippen molar-refractivity contribution in [3.8, 4) is 5.75 Å². The van der Waals surface area contributed by atoms with Gasteiger partial charge < -0.3 is 4.74 Å². The minimum absolute atomic E-state index is 0. The van der Waals surface area contributed by atoms with Crippen LogP contribution in [0.2, 0.25) is 5.02 Å². The van der Waals surface area contributed by atoms with Gasteiger partial charge in [0.2, 0.25) is 0 Å². The highest BCUT2D eigenvalue weighted by Crippen LogP contribution is 2.31. The summed E-state index contributed by atoms with van der Waals surface area (Å²) in [5.41, 5.74) is 0.109. The minimum Gasteiger partial charge on any atom is -0.487 e. The summed E-state index contributed by atoms with van der Waals surface area (Å²) in [5.74, 6) is 5.61. The van der Waals surface area contributed by atoms with E-state index in [9.17, 15) is 13.2 Å². The van der Waals surface area contributed by atoms with Gasteiger partial charge in [0, 0.05) is 5.56 Å². The van der Waals surface area contributed by atoms with E-state index in [4.69, 9.17) is 27.6 Å². The Labute approximate surface area is 159 Å². The van der Waals surface area contributed by atoms with Crippen molar-refractivity contribution in [1.82, 2.24) is 5.12 Å². The van der Waals surface area contributed by atoms with Gasteiger partial charge in [0.25, 0.3) is 0 Å². The molecule has 2 aromatic rings. The molecule has 0 spiro atoms. The molecule has 0 aliphatic heterocycles. The average molecular weight is 407 g/mol. The predicted octanol–water partition coefficient (Wildman–Crippen LogP) is 4.48. The Morgan fingerprint density at radius 3 is 2.58 bits per heavy atom. The maximum absolute atomic E-state index is 12.7. The minimum atomic E-state index is -4.41. The van der Waals surface area contributed by atoms with Gasteiger partial charge >= 0.3 is 6.18 Å². The maximum atomic E-state index is 12.7. The van der Waals surface area contributed by atoms with Gasteiger partial charge in [0.05, 0.1) is 16.8 Å². The van der Waals surface area contributed by atoms with Crippen molar-refractivity contribution >= 4 is 36.6 Å². The van der Waals surface area contributed by atoms with Crippen molar-refractivity contribution in [2.45, 2.75) is 12.8 Å². The predicted molar refractivity (Wildman–Crippen MR) is 96.9 cm³/mol. The van der Waals surface area contributed by atoms with Gasteiger partial charge in [-0.15, -0.1) is 12.4 Å². The molecule has 0 amide bonds. The number of hydrogen-bond acceptors (Lipinski definition) is 4. The molecule has 2 aromatic carbocycles. The van der Waals surface area contributed by atoms with E-state index < -0.39 is 11.7 Å². The molecule has 0 aliphatic carbocycles. The summed E-state index contributed by atoms with van der Waals surface area (Å²) in [4.78, 5) is 0. The quantitative estimate of drug-likeness (QED) is 0.321. The van der Waals surface area contributed by atoms with Crippen molar-refractivity contribution in [1.29, 1.82) is 5.41 Å². The van der Waals surface area contributed by atoms with Crippen LogP contribution < -0.4 is 10.6 Å². The summed E-state index contributed by atoms with van der Waals surface area (Å²) in [6.07, 6.45) is -2.27. The molecule has 140 valence electrons. The number of hydrazine groups is 1. The fraction of sp³-hybridized carbons (Fsp3) is 0.125. The highest BCUT2D eigenvalue weighted by Gasteiger charge is 2.30. The van der Waals surface area contributed by atoms with E-state index in [1.54, 1.807) is 18.2 Å². The maximum Gasteiger partial charge on any atom is 0.416 e. The summed E-state index contributed by atoms with van der Waals surface area (Å²) in [6, 6.07) is 9.76. The molecular formula is C16H15Cl2F3N4O. The molecule has 0 atom stereocenters. The Morgan fingerprint density at radius 1 is 1.23 bits per heavy atom. The number of nitrogens with zero attached hydrogens (tertiary/aromatic N) is 2. The summed E-state index contributed by atoms with van der Waals surface area (Å²) < 4.78 is 43.7. The largest absolute Gasteiger partial charge is 0.487 e. The van der Waals surface area contributed by atoms with Crippen LogP contribution in [0.5, 0.6) is 5.75 Å². The SMILES string of the molecule is Cl.N=CN(N)N=Cc1cccc(OCc2cccc(C(F)(F)F)c2)c1Cl. The Balaban J connectivity index is 0.00000338. The molecule has 0 aliphatic rings. The Kier molecular flexibility index (Phi) is 7.88. The topological polar surface area (TPSA) is 74.7 Å². The second-order valence-corrected chi connectivity index (χ2v) is 5.28. The van der Waals surface area contributed by atoms with Crippen LogP contribution in [-0.2, 0) is 12.8 Å². The van der Waals surface area contributed by atoms with E-state index in [1.165, 1.54) is 18.3 Å². The van der Waals surface area contributed by atoms with Gasteiger partial charge in [-0.2, -0.15) is 23.4 Å². The standard InChI is InChI=1S/C16H14ClF3N4O.ClH/c17-15-12(8-23-24(22)10-21)4-2-6-14(15)25-9-11-3-1-5-13(7-11)16(18,19)20;/h1-8,10,21H,9,22H2;1H. The normalized spacial score (nSPS) is 11.1. The van der Waals surface area contributed by atoms with E-state index >= 15 is 0 Å². The van der Waals surface area contributed by atoms with Crippen LogP contribution in [0.1, 0.15) is 16.7 Å². The molecule has 0 saturated carbocycles. The number of hydrogen-bond donors (Lipinski definition) is 2. The fourth-order valence-corrected chi connectivity index (χ4v) is 2.13. The van der Waals surface area contributed by atoms with E-state index in [0.29, 0.717) is 16.9 Å². The number of alkyl halides is 3. The lowest BCUT2D eigenvalue weighted by molar-refractivity contribution is -0.137. The number of halogens is 5. The first kappa shape index (κ1) is 21.8. The Morgan fingerprint density at radius 2 is 1.92 bits per heavy atom. The molecule has 26 heavy (non-hydrogen) atoms. The van der Waals surface area contributed by atoms with Crippen LogP contribution in [0.3, 0.4) is 0 Å². The van der Waals surface area contributed by atoms with Crippen molar-refractivity contribution < 1.29 is 17.9 Å². The monoisotopic (exact) mass is 406 g/mol. The van der Waals surface area contributed by atoms with Gasteiger partial charge in [-0.3, -0.25) is 5.41 Å². The smallest absolute Gasteiger partial charge is 0.416 e. The van der Waals surface area contributed by atoms with Crippen LogP contribution in [0.15, 0.2) is 47.6 Å². The summed E-state index contributed by atoms with van der Waals surface area (Å²) >= 11 is 6.19. The molecule has 0 saturated heterocycles.